The Morgan fingerprint density at radius 1 is 1.25 bits per heavy atom. The van der Waals surface area contributed by atoms with Gasteiger partial charge in [-0.25, -0.2) is 4.39 Å². The first-order valence-electron chi connectivity index (χ1n) is 8.15. The molecule has 0 aliphatic carbocycles. The fourth-order valence-corrected chi connectivity index (χ4v) is 2.74. The van der Waals surface area contributed by atoms with Gasteiger partial charge in [-0.3, -0.25) is 9.59 Å². The molecule has 132 valence electrons. The lowest BCUT2D eigenvalue weighted by atomic mass is 9.91. The molecule has 2 rings (SSSR count). The number of amides is 2. The highest BCUT2D eigenvalue weighted by Gasteiger charge is 2.39. The quantitative estimate of drug-likeness (QED) is 0.644. The van der Waals surface area contributed by atoms with Gasteiger partial charge in [0.25, 0.3) is 11.8 Å². The number of nitrogens with one attached hydrogen (secondary N) is 3. The Balaban J connectivity index is 1.69. The smallest absolute Gasteiger partial charge is 0.252 e. The lowest BCUT2D eigenvalue weighted by Gasteiger charge is -2.34. The van der Waals surface area contributed by atoms with E-state index in [0.717, 1.165) is 13.1 Å². The van der Waals surface area contributed by atoms with Gasteiger partial charge >= 0.3 is 0 Å². The second-order valence-electron chi connectivity index (χ2n) is 5.82. The van der Waals surface area contributed by atoms with Crippen molar-refractivity contribution in [2.75, 3.05) is 33.3 Å². The summed E-state index contributed by atoms with van der Waals surface area (Å²) >= 11 is 0. The Morgan fingerprint density at radius 3 is 2.62 bits per heavy atom. The molecule has 1 fully saturated rings. The molecule has 1 saturated heterocycles. The third kappa shape index (κ3) is 4.75. The molecule has 1 aromatic carbocycles. The molecule has 3 N–H and O–H groups in total. The van der Waals surface area contributed by atoms with E-state index in [1.807, 2.05) is 0 Å². The third-order valence-electron chi connectivity index (χ3n) is 4.23. The van der Waals surface area contributed by atoms with Gasteiger partial charge in [0.1, 0.15) is 11.4 Å². The number of halogens is 1. The van der Waals surface area contributed by atoms with Crippen LogP contribution in [0.25, 0.3) is 0 Å². The molecule has 0 aromatic heterocycles. The standard InChI is InChI=1S/C17H24FN3O3/c1-24-17(6-10-19-11-7-17)16(23)21-9-3-8-20-15(22)13-4-2-5-14(18)12-13/h2,4-5,12,19H,3,6-11H2,1H3,(H,20,22)(H,21,23). The zero-order chi connectivity index (χ0) is 17.4. The average molecular weight is 337 g/mol. The van der Waals surface area contributed by atoms with Crippen molar-refractivity contribution in [1.82, 2.24) is 16.0 Å². The molecule has 6 nitrogen and oxygen atoms in total. The van der Waals surface area contributed by atoms with Crippen molar-refractivity contribution >= 4 is 11.8 Å². The Hall–Kier alpha value is -1.99. The van der Waals surface area contributed by atoms with Gasteiger partial charge in [0.2, 0.25) is 0 Å². The Morgan fingerprint density at radius 2 is 1.96 bits per heavy atom. The first-order valence-corrected chi connectivity index (χ1v) is 8.15. The highest BCUT2D eigenvalue weighted by molar-refractivity contribution is 5.94. The molecule has 2 amide bonds. The Kier molecular flexibility index (Phi) is 6.69. The summed E-state index contributed by atoms with van der Waals surface area (Å²) < 4.78 is 18.5. The van der Waals surface area contributed by atoms with Gasteiger partial charge in [0.15, 0.2) is 0 Å². The van der Waals surface area contributed by atoms with Gasteiger partial charge in [-0.15, -0.1) is 0 Å². The zero-order valence-corrected chi connectivity index (χ0v) is 13.9. The number of hydrogen-bond donors (Lipinski definition) is 3. The first-order chi connectivity index (χ1) is 11.6. The topological polar surface area (TPSA) is 79.5 Å². The molecule has 24 heavy (non-hydrogen) atoms. The molecule has 0 spiro atoms. The van der Waals surface area contributed by atoms with E-state index >= 15 is 0 Å². The van der Waals surface area contributed by atoms with E-state index in [0.29, 0.717) is 32.4 Å². The lowest BCUT2D eigenvalue weighted by molar-refractivity contribution is -0.146. The van der Waals surface area contributed by atoms with Crippen LogP contribution in [0.5, 0.6) is 0 Å². The van der Waals surface area contributed by atoms with Crippen LogP contribution < -0.4 is 16.0 Å². The SMILES string of the molecule is COC1(C(=O)NCCCNC(=O)c2cccc(F)c2)CCNCC1. The summed E-state index contributed by atoms with van der Waals surface area (Å²) in [6.07, 6.45) is 1.88. The molecule has 0 unspecified atom stereocenters. The summed E-state index contributed by atoms with van der Waals surface area (Å²) in [7, 11) is 1.56. The summed E-state index contributed by atoms with van der Waals surface area (Å²) in [5.41, 5.74) is -0.470. The van der Waals surface area contributed by atoms with Gasteiger partial charge in [0.05, 0.1) is 0 Å². The van der Waals surface area contributed by atoms with Crippen LogP contribution in [0.3, 0.4) is 0 Å². The van der Waals surface area contributed by atoms with Gasteiger partial charge in [-0.05, 0) is 50.6 Å². The molecule has 1 heterocycles. The maximum atomic E-state index is 13.1. The van der Waals surface area contributed by atoms with Crippen LogP contribution in [0.15, 0.2) is 24.3 Å². The van der Waals surface area contributed by atoms with Gasteiger partial charge in [-0.2, -0.15) is 0 Å². The van der Waals surface area contributed by atoms with Crippen LogP contribution in [-0.4, -0.2) is 50.7 Å². The van der Waals surface area contributed by atoms with Crippen LogP contribution in [-0.2, 0) is 9.53 Å². The van der Waals surface area contributed by atoms with Crippen molar-refractivity contribution in [3.05, 3.63) is 35.6 Å². The fraction of sp³-hybridized carbons (Fsp3) is 0.529. The number of carbonyl (C=O) groups is 2. The molecule has 0 radical (unpaired) electrons. The maximum absolute atomic E-state index is 13.1. The number of rotatable bonds is 7. The summed E-state index contributed by atoms with van der Waals surface area (Å²) in [5.74, 6) is -0.878. The van der Waals surface area contributed by atoms with Crippen LogP contribution in [0, 0.1) is 5.82 Å². The molecule has 1 aliphatic heterocycles. The number of piperidine rings is 1. The van der Waals surface area contributed by atoms with Crippen molar-refractivity contribution in [2.45, 2.75) is 24.9 Å². The molecular weight excluding hydrogens is 313 g/mol. The predicted octanol–water partition coefficient (Wildman–Crippen LogP) is 0.830. The summed E-state index contributed by atoms with van der Waals surface area (Å²) in [6.45, 7) is 2.36. The molecule has 1 aliphatic rings. The number of benzene rings is 1. The van der Waals surface area contributed by atoms with Crippen LogP contribution in [0.1, 0.15) is 29.6 Å². The second kappa shape index (κ2) is 8.75. The normalized spacial score (nSPS) is 16.4. The molecule has 0 atom stereocenters. The molecule has 0 bridgehead atoms. The Bertz CT molecular complexity index is 574. The minimum absolute atomic E-state index is 0.108. The minimum atomic E-state index is -0.754. The van der Waals surface area contributed by atoms with Gasteiger partial charge in [-0.1, -0.05) is 6.07 Å². The van der Waals surface area contributed by atoms with Crippen molar-refractivity contribution in [3.63, 3.8) is 0 Å². The second-order valence-corrected chi connectivity index (χ2v) is 5.82. The van der Waals surface area contributed by atoms with Crippen LogP contribution in [0.2, 0.25) is 0 Å². The molecule has 7 heteroatoms. The van der Waals surface area contributed by atoms with E-state index < -0.39 is 11.4 Å². The van der Waals surface area contributed by atoms with Gasteiger partial charge in [0, 0.05) is 25.8 Å². The van der Waals surface area contributed by atoms with E-state index in [4.69, 9.17) is 4.74 Å². The molecular formula is C17H24FN3O3. The monoisotopic (exact) mass is 337 g/mol. The summed E-state index contributed by atoms with van der Waals surface area (Å²) in [5, 5.41) is 8.77. The lowest BCUT2D eigenvalue weighted by Crippen LogP contribution is -2.54. The number of hydrogen-bond acceptors (Lipinski definition) is 4. The number of ether oxygens (including phenoxy) is 1. The Labute approximate surface area is 141 Å². The van der Waals surface area contributed by atoms with Crippen LogP contribution >= 0.6 is 0 Å². The van der Waals surface area contributed by atoms with E-state index in [2.05, 4.69) is 16.0 Å². The van der Waals surface area contributed by atoms with E-state index in [1.54, 1.807) is 13.2 Å². The van der Waals surface area contributed by atoms with Crippen molar-refractivity contribution in [2.24, 2.45) is 0 Å². The minimum Gasteiger partial charge on any atom is -0.368 e. The third-order valence-corrected chi connectivity index (χ3v) is 4.23. The maximum Gasteiger partial charge on any atom is 0.252 e. The highest BCUT2D eigenvalue weighted by Crippen LogP contribution is 2.22. The van der Waals surface area contributed by atoms with E-state index in [1.165, 1.54) is 18.2 Å². The van der Waals surface area contributed by atoms with E-state index in [-0.39, 0.29) is 17.4 Å². The van der Waals surface area contributed by atoms with Crippen LogP contribution in [0.4, 0.5) is 4.39 Å². The van der Waals surface area contributed by atoms with Gasteiger partial charge < -0.3 is 20.7 Å². The van der Waals surface area contributed by atoms with Crippen molar-refractivity contribution < 1.29 is 18.7 Å². The highest BCUT2D eigenvalue weighted by atomic mass is 19.1. The van der Waals surface area contributed by atoms with E-state index in [9.17, 15) is 14.0 Å². The summed E-state index contributed by atoms with van der Waals surface area (Å²) in [6, 6.07) is 5.53. The number of methoxy groups -OCH3 is 1. The molecule has 0 saturated carbocycles. The largest absolute Gasteiger partial charge is 0.368 e. The summed E-state index contributed by atoms with van der Waals surface area (Å²) in [4.78, 5) is 24.2. The predicted molar refractivity (Wildman–Crippen MR) is 88.2 cm³/mol. The average Bonchev–Trinajstić information content (AvgIpc) is 2.61. The number of carbonyl (C=O) groups excluding carboxylic acids is 2. The zero-order valence-electron chi connectivity index (χ0n) is 13.9. The fourth-order valence-electron chi connectivity index (χ4n) is 2.74. The molecule has 1 aromatic rings. The first kappa shape index (κ1) is 18.4. The van der Waals surface area contributed by atoms with Crippen molar-refractivity contribution in [1.29, 1.82) is 0 Å². The van der Waals surface area contributed by atoms with Crippen molar-refractivity contribution in [3.8, 4) is 0 Å².